The van der Waals surface area contributed by atoms with Gasteiger partial charge in [-0.05, 0) is 55.3 Å². The molecule has 0 bridgehead atoms. The summed E-state index contributed by atoms with van der Waals surface area (Å²) in [6.07, 6.45) is 0. The van der Waals surface area contributed by atoms with Gasteiger partial charge in [0.25, 0.3) is 0 Å². The Morgan fingerprint density at radius 3 is 2.37 bits per heavy atom. The molecule has 2 nitrogen and oxygen atoms in total. The summed E-state index contributed by atoms with van der Waals surface area (Å²) in [5, 5.41) is 0. The van der Waals surface area contributed by atoms with Crippen molar-refractivity contribution in [3.8, 4) is 5.75 Å². The number of hydrogen-bond donors (Lipinski definition) is 0. The molecule has 0 atom stereocenters. The Bertz CT molecular complexity index is 588. The Morgan fingerprint density at radius 2 is 1.74 bits per heavy atom. The maximum absolute atomic E-state index is 12.0. The zero-order chi connectivity index (χ0) is 13.8. The van der Waals surface area contributed by atoms with Gasteiger partial charge in [0.1, 0.15) is 5.75 Å². The van der Waals surface area contributed by atoms with Crippen LogP contribution in [0.5, 0.6) is 5.75 Å². The lowest BCUT2D eigenvalue weighted by Crippen LogP contribution is -2.11. The van der Waals surface area contributed by atoms with Gasteiger partial charge in [0, 0.05) is 10.0 Å². The second kappa shape index (κ2) is 6.02. The normalized spacial score (nSPS) is 10.3. The van der Waals surface area contributed by atoms with E-state index in [1.54, 1.807) is 0 Å². The first-order valence-electron chi connectivity index (χ1n) is 6.05. The lowest BCUT2D eigenvalue weighted by molar-refractivity contribution is 0.0921. The van der Waals surface area contributed by atoms with E-state index in [1.165, 1.54) is 5.56 Å². The first-order valence-corrected chi connectivity index (χ1v) is 6.84. The van der Waals surface area contributed by atoms with Crippen molar-refractivity contribution < 1.29 is 9.53 Å². The second-order valence-electron chi connectivity index (χ2n) is 4.46. The maximum Gasteiger partial charge on any atom is 0.200 e. The molecule has 0 aliphatic heterocycles. The van der Waals surface area contributed by atoms with Gasteiger partial charge in [-0.1, -0.05) is 28.1 Å². The van der Waals surface area contributed by atoms with Crippen molar-refractivity contribution in [2.24, 2.45) is 0 Å². The molecule has 3 heteroatoms. The van der Waals surface area contributed by atoms with E-state index in [9.17, 15) is 4.79 Å². The molecule has 0 aromatic heterocycles. The Morgan fingerprint density at radius 1 is 1.05 bits per heavy atom. The van der Waals surface area contributed by atoms with Gasteiger partial charge in [0.05, 0.1) is 0 Å². The number of carbonyl (C=O) groups is 1. The number of Topliss-reactive ketones (excluding diaryl/α,β-unsaturated/α-hetero) is 1. The van der Waals surface area contributed by atoms with Crippen LogP contribution in [0.15, 0.2) is 46.9 Å². The number of halogens is 1. The summed E-state index contributed by atoms with van der Waals surface area (Å²) in [4.78, 5) is 12.0. The molecule has 0 unspecified atom stereocenters. The minimum atomic E-state index is -0.00832. The molecule has 0 radical (unpaired) electrons. The topological polar surface area (TPSA) is 26.3 Å². The quantitative estimate of drug-likeness (QED) is 0.784. The largest absolute Gasteiger partial charge is 0.485 e. The summed E-state index contributed by atoms with van der Waals surface area (Å²) in [6, 6.07) is 13.1. The van der Waals surface area contributed by atoms with Gasteiger partial charge < -0.3 is 4.74 Å². The van der Waals surface area contributed by atoms with Crippen molar-refractivity contribution in [3.63, 3.8) is 0 Å². The number of rotatable bonds is 4. The average Bonchev–Trinajstić information content (AvgIpc) is 2.41. The van der Waals surface area contributed by atoms with Gasteiger partial charge in [-0.2, -0.15) is 0 Å². The summed E-state index contributed by atoms with van der Waals surface area (Å²) in [5.74, 6) is 0.686. The standard InChI is InChI=1S/C16H15BrO2/c1-11-3-4-13(9-12(11)2)16(18)10-19-15-7-5-14(17)6-8-15/h3-9H,10H2,1-2H3. The fourth-order valence-corrected chi connectivity index (χ4v) is 1.94. The minimum absolute atomic E-state index is 0.00832. The molecule has 0 aliphatic carbocycles. The van der Waals surface area contributed by atoms with E-state index >= 15 is 0 Å². The van der Waals surface area contributed by atoms with Gasteiger partial charge in [0.2, 0.25) is 0 Å². The van der Waals surface area contributed by atoms with Gasteiger partial charge in [-0.3, -0.25) is 4.79 Å². The van der Waals surface area contributed by atoms with E-state index in [-0.39, 0.29) is 12.4 Å². The van der Waals surface area contributed by atoms with Crippen molar-refractivity contribution in [1.82, 2.24) is 0 Å². The van der Waals surface area contributed by atoms with Crippen LogP contribution < -0.4 is 4.74 Å². The predicted molar refractivity (Wildman–Crippen MR) is 79.9 cm³/mol. The predicted octanol–water partition coefficient (Wildman–Crippen LogP) is 4.33. The molecule has 0 spiro atoms. The molecule has 0 saturated carbocycles. The van der Waals surface area contributed by atoms with E-state index in [0.717, 1.165) is 10.0 Å². The van der Waals surface area contributed by atoms with Gasteiger partial charge >= 0.3 is 0 Å². The molecule has 2 aromatic rings. The van der Waals surface area contributed by atoms with Gasteiger partial charge in [0.15, 0.2) is 12.4 Å². The summed E-state index contributed by atoms with van der Waals surface area (Å²) in [6.45, 7) is 4.09. The van der Waals surface area contributed by atoms with Crippen molar-refractivity contribution in [2.45, 2.75) is 13.8 Å². The molecular formula is C16H15BrO2. The van der Waals surface area contributed by atoms with E-state index in [0.29, 0.717) is 11.3 Å². The highest BCUT2D eigenvalue weighted by molar-refractivity contribution is 9.10. The first-order chi connectivity index (χ1) is 9.06. The fourth-order valence-electron chi connectivity index (χ4n) is 1.68. The third-order valence-corrected chi connectivity index (χ3v) is 3.54. The number of aryl methyl sites for hydroxylation is 2. The van der Waals surface area contributed by atoms with E-state index in [4.69, 9.17) is 4.74 Å². The van der Waals surface area contributed by atoms with Crippen LogP contribution in [-0.2, 0) is 0 Å². The molecule has 0 aliphatic rings. The molecule has 0 fully saturated rings. The van der Waals surface area contributed by atoms with Crippen LogP contribution in [-0.4, -0.2) is 12.4 Å². The molecule has 0 heterocycles. The van der Waals surface area contributed by atoms with Gasteiger partial charge in [-0.15, -0.1) is 0 Å². The highest BCUT2D eigenvalue weighted by Crippen LogP contribution is 2.17. The molecule has 19 heavy (non-hydrogen) atoms. The summed E-state index contributed by atoms with van der Waals surface area (Å²) in [7, 11) is 0. The van der Waals surface area contributed by atoms with E-state index in [1.807, 2.05) is 56.3 Å². The van der Waals surface area contributed by atoms with Crippen LogP contribution in [0.3, 0.4) is 0 Å². The van der Waals surface area contributed by atoms with Crippen molar-refractivity contribution >= 4 is 21.7 Å². The summed E-state index contributed by atoms with van der Waals surface area (Å²) < 4.78 is 6.46. The van der Waals surface area contributed by atoms with E-state index < -0.39 is 0 Å². The Balaban J connectivity index is 2.01. The molecule has 2 rings (SSSR count). The number of benzene rings is 2. The number of carbonyl (C=O) groups excluding carboxylic acids is 1. The van der Waals surface area contributed by atoms with E-state index in [2.05, 4.69) is 15.9 Å². The highest BCUT2D eigenvalue weighted by atomic mass is 79.9. The first kappa shape index (κ1) is 13.8. The minimum Gasteiger partial charge on any atom is -0.485 e. The lowest BCUT2D eigenvalue weighted by atomic mass is 10.0. The van der Waals surface area contributed by atoms with Crippen LogP contribution in [0.4, 0.5) is 0 Å². The highest BCUT2D eigenvalue weighted by Gasteiger charge is 2.07. The van der Waals surface area contributed by atoms with Crippen LogP contribution in [0.1, 0.15) is 21.5 Å². The smallest absolute Gasteiger partial charge is 0.200 e. The number of ketones is 1. The molecular weight excluding hydrogens is 304 g/mol. The molecule has 2 aromatic carbocycles. The molecule has 98 valence electrons. The maximum atomic E-state index is 12.0. The third kappa shape index (κ3) is 3.67. The third-order valence-electron chi connectivity index (χ3n) is 3.01. The van der Waals surface area contributed by atoms with Crippen molar-refractivity contribution in [2.75, 3.05) is 6.61 Å². The molecule has 0 N–H and O–H groups in total. The monoisotopic (exact) mass is 318 g/mol. The lowest BCUT2D eigenvalue weighted by Gasteiger charge is -2.07. The number of hydrogen-bond acceptors (Lipinski definition) is 2. The van der Waals surface area contributed by atoms with Crippen LogP contribution in [0.2, 0.25) is 0 Å². The second-order valence-corrected chi connectivity index (χ2v) is 5.38. The average molecular weight is 319 g/mol. The van der Waals surface area contributed by atoms with Crippen LogP contribution in [0.25, 0.3) is 0 Å². The van der Waals surface area contributed by atoms with Crippen LogP contribution >= 0.6 is 15.9 Å². The molecule has 0 amide bonds. The Labute approximate surface area is 121 Å². The van der Waals surface area contributed by atoms with Crippen LogP contribution in [0, 0.1) is 13.8 Å². The Hall–Kier alpha value is -1.61. The Kier molecular flexibility index (Phi) is 4.38. The van der Waals surface area contributed by atoms with Crippen molar-refractivity contribution in [1.29, 1.82) is 0 Å². The SMILES string of the molecule is Cc1ccc(C(=O)COc2ccc(Br)cc2)cc1C. The number of ether oxygens (including phenoxy) is 1. The van der Waals surface area contributed by atoms with Gasteiger partial charge in [-0.25, -0.2) is 0 Å². The zero-order valence-electron chi connectivity index (χ0n) is 10.9. The zero-order valence-corrected chi connectivity index (χ0v) is 12.5. The summed E-state index contributed by atoms with van der Waals surface area (Å²) in [5.41, 5.74) is 3.00. The summed E-state index contributed by atoms with van der Waals surface area (Å²) >= 11 is 3.35. The van der Waals surface area contributed by atoms with Crippen molar-refractivity contribution in [3.05, 3.63) is 63.6 Å². The fraction of sp³-hybridized carbons (Fsp3) is 0.188. The molecule has 0 saturated heterocycles.